The quantitative estimate of drug-likeness (QED) is 0.667. The zero-order valence-corrected chi connectivity index (χ0v) is 13.4. The number of thiophene rings is 1. The van der Waals surface area contributed by atoms with Gasteiger partial charge in [0.15, 0.2) is 5.96 Å². The van der Waals surface area contributed by atoms with Crippen molar-refractivity contribution in [3.05, 3.63) is 57.2 Å². The van der Waals surface area contributed by atoms with Crippen LogP contribution in [0.2, 0.25) is 5.02 Å². The second-order valence-electron chi connectivity index (χ2n) is 5.21. The second kappa shape index (κ2) is 6.50. The Bertz CT molecular complexity index is 624. The van der Waals surface area contributed by atoms with Gasteiger partial charge in [-0.1, -0.05) is 23.7 Å². The summed E-state index contributed by atoms with van der Waals surface area (Å²) in [6.07, 6.45) is 1.12. The molecule has 3 nitrogen and oxygen atoms in total. The number of guanidine groups is 1. The molecule has 110 valence electrons. The zero-order chi connectivity index (χ0) is 14.7. The molecule has 2 unspecified atom stereocenters. The fraction of sp³-hybridized carbons (Fsp3) is 0.312. The van der Waals surface area contributed by atoms with E-state index in [4.69, 9.17) is 11.6 Å². The summed E-state index contributed by atoms with van der Waals surface area (Å²) in [7, 11) is 1.81. The average Bonchev–Trinajstić information content (AvgIpc) is 3.06. The highest BCUT2D eigenvalue weighted by atomic mass is 35.5. The summed E-state index contributed by atoms with van der Waals surface area (Å²) in [6, 6.07) is 10.7. The molecule has 1 aromatic heterocycles. The van der Waals surface area contributed by atoms with Crippen molar-refractivity contribution in [1.82, 2.24) is 10.6 Å². The number of benzene rings is 1. The fourth-order valence-electron chi connectivity index (χ4n) is 2.41. The molecule has 1 aliphatic carbocycles. The van der Waals surface area contributed by atoms with Gasteiger partial charge in [-0.25, -0.2) is 0 Å². The predicted octanol–water partition coefficient (Wildman–Crippen LogP) is 3.62. The zero-order valence-electron chi connectivity index (χ0n) is 11.8. The van der Waals surface area contributed by atoms with Gasteiger partial charge in [0.25, 0.3) is 0 Å². The standard InChI is InChI=1S/C16H18ClN3S/c1-18-16(19-9-11-5-6-21-10-11)20-15-8-14(15)12-3-2-4-13(17)7-12/h2-7,10,14-15H,8-9H2,1H3,(H2,18,19,20). The third-order valence-corrected chi connectivity index (χ3v) is 4.62. The summed E-state index contributed by atoms with van der Waals surface area (Å²) >= 11 is 7.76. The number of hydrogen-bond acceptors (Lipinski definition) is 2. The van der Waals surface area contributed by atoms with Crippen LogP contribution in [0.25, 0.3) is 0 Å². The minimum Gasteiger partial charge on any atom is -0.353 e. The normalized spacial score (nSPS) is 21.1. The van der Waals surface area contributed by atoms with Crippen LogP contribution < -0.4 is 10.6 Å². The van der Waals surface area contributed by atoms with E-state index in [-0.39, 0.29) is 0 Å². The Hall–Kier alpha value is -1.52. The SMILES string of the molecule is CN=C(NCc1ccsc1)NC1CC1c1cccc(Cl)c1. The van der Waals surface area contributed by atoms with E-state index in [0.29, 0.717) is 12.0 Å². The molecule has 1 aliphatic rings. The minimum atomic E-state index is 0.442. The molecule has 2 aromatic rings. The lowest BCUT2D eigenvalue weighted by Crippen LogP contribution is -2.38. The van der Waals surface area contributed by atoms with Gasteiger partial charge in [-0.15, -0.1) is 0 Å². The van der Waals surface area contributed by atoms with Gasteiger partial charge < -0.3 is 10.6 Å². The van der Waals surface area contributed by atoms with Gasteiger partial charge in [-0.05, 0) is 46.5 Å². The Morgan fingerprint density at radius 3 is 3.05 bits per heavy atom. The first-order valence-electron chi connectivity index (χ1n) is 7.00. The first-order valence-corrected chi connectivity index (χ1v) is 8.32. The number of halogens is 1. The van der Waals surface area contributed by atoms with Gasteiger partial charge in [0.1, 0.15) is 0 Å². The van der Waals surface area contributed by atoms with Crippen LogP contribution in [-0.2, 0) is 6.54 Å². The third kappa shape index (κ3) is 3.77. The van der Waals surface area contributed by atoms with E-state index in [0.717, 1.165) is 23.9 Å². The van der Waals surface area contributed by atoms with Gasteiger partial charge in [-0.3, -0.25) is 4.99 Å². The van der Waals surface area contributed by atoms with Crippen LogP contribution in [0.1, 0.15) is 23.5 Å². The molecule has 21 heavy (non-hydrogen) atoms. The smallest absolute Gasteiger partial charge is 0.191 e. The lowest BCUT2D eigenvalue weighted by atomic mass is 10.1. The topological polar surface area (TPSA) is 36.4 Å². The Morgan fingerprint density at radius 1 is 1.43 bits per heavy atom. The van der Waals surface area contributed by atoms with E-state index in [2.05, 4.69) is 44.6 Å². The Balaban J connectivity index is 1.52. The number of hydrogen-bond donors (Lipinski definition) is 2. The Labute approximate surface area is 134 Å². The fourth-order valence-corrected chi connectivity index (χ4v) is 3.28. The maximum Gasteiger partial charge on any atom is 0.191 e. The number of nitrogens with one attached hydrogen (secondary N) is 2. The van der Waals surface area contributed by atoms with Crippen LogP contribution in [0.5, 0.6) is 0 Å². The molecule has 0 amide bonds. The van der Waals surface area contributed by atoms with Crippen LogP contribution in [0, 0.1) is 0 Å². The highest BCUT2D eigenvalue weighted by Crippen LogP contribution is 2.41. The second-order valence-corrected chi connectivity index (χ2v) is 6.42. The molecule has 5 heteroatoms. The van der Waals surface area contributed by atoms with Crippen LogP contribution >= 0.6 is 22.9 Å². The molecular formula is C16H18ClN3S. The largest absolute Gasteiger partial charge is 0.353 e. The van der Waals surface area contributed by atoms with Crippen molar-refractivity contribution < 1.29 is 0 Å². The van der Waals surface area contributed by atoms with Crippen molar-refractivity contribution in [1.29, 1.82) is 0 Å². The van der Waals surface area contributed by atoms with Gasteiger partial charge in [-0.2, -0.15) is 11.3 Å². The van der Waals surface area contributed by atoms with Gasteiger partial charge in [0, 0.05) is 30.6 Å². The first kappa shape index (κ1) is 14.4. The Morgan fingerprint density at radius 2 is 2.33 bits per heavy atom. The molecule has 0 aliphatic heterocycles. The van der Waals surface area contributed by atoms with Gasteiger partial charge >= 0.3 is 0 Å². The maximum atomic E-state index is 6.05. The summed E-state index contributed by atoms with van der Waals surface area (Å²) in [4.78, 5) is 4.29. The molecule has 0 radical (unpaired) electrons. The van der Waals surface area contributed by atoms with Crippen LogP contribution in [-0.4, -0.2) is 19.0 Å². The van der Waals surface area contributed by atoms with Crippen molar-refractivity contribution >= 4 is 28.9 Å². The molecule has 3 rings (SSSR count). The third-order valence-electron chi connectivity index (χ3n) is 3.65. The predicted molar refractivity (Wildman–Crippen MR) is 90.3 cm³/mol. The summed E-state index contributed by atoms with van der Waals surface area (Å²) in [6.45, 7) is 0.803. The summed E-state index contributed by atoms with van der Waals surface area (Å²) in [5.41, 5.74) is 2.58. The van der Waals surface area contributed by atoms with Crippen molar-refractivity contribution in [2.24, 2.45) is 4.99 Å². The first-order chi connectivity index (χ1) is 10.3. The van der Waals surface area contributed by atoms with Gasteiger partial charge in [0.2, 0.25) is 0 Å². The molecule has 0 saturated heterocycles. The monoisotopic (exact) mass is 319 g/mol. The number of nitrogens with zero attached hydrogens (tertiary/aromatic N) is 1. The number of aliphatic imine (C=N–C) groups is 1. The van der Waals surface area contributed by atoms with Gasteiger partial charge in [0.05, 0.1) is 0 Å². The van der Waals surface area contributed by atoms with Crippen molar-refractivity contribution in [2.75, 3.05) is 7.05 Å². The van der Waals surface area contributed by atoms with Crippen LogP contribution in [0.3, 0.4) is 0 Å². The van der Waals surface area contributed by atoms with Crippen molar-refractivity contribution in [3.63, 3.8) is 0 Å². The minimum absolute atomic E-state index is 0.442. The van der Waals surface area contributed by atoms with E-state index in [9.17, 15) is 0 Å². The van der Waals surface area contributed by atoms with E-state index in [1.54, 1.807) is 18.4 Å². The summed E-state index contributed by atoms with van der Waals surface area (Å²) in [5, 5.41) is 11.9. The highest BCUT2D eigenvalue weighted by molar-refractivity contribution is 7.07. The van der Waals surface area contributed by atoms with E-state index in [1.807, 2.05) is 12.1 Å². The molecule has 1 saturated carbocycles. The molecule has 1 aromatic carbocycles. The lowest BCUT2D eigenvalue weighted by molar-refractivity contribution is 0.791. The molecule has 1 fully saturated rings. The molecule has 0 spiro atoms. The summed E-state index contributed by atoms with van der Waals surface area (Å²) in [5.74, 6) is 1.39. The van der Waals surface area contributed by atoms with E-state index < -0.39 is 0 Å². The number of rotatable bonds is 4. The Kier molecular flexibility index (Phi) is 4.46. The summed E-state index contributed by atoms with van der Waals surface area (Å²) < 4.78 is 0. The van der Waals surface area contributed by atoms with Crippen LogP contribution in [0.4, 0.5) is 0 Å². The molecule has 0 bridgehead atoms. The average molecular weight is 320 g/mol. The van der Waals surface area contributed by atoms with Crippen molar-refractivity contribution in [2.45, 2.75) is 24.9 Å². The lowest BCUT2D eigenvalue weighted by Gasteiger charge is -2.11. The molecule has 2 atom stereocenters. The maximum absolute atomic E-state index is 6.05. The van der Waals surface area contributed by atoms with Crippen molar-refractivity contribution in [3.8, 4) is 0 Å². The van der Waals surface area contributed by atoms with Crippen LogP contribution in [0.15, 0.2) is 46.1 Å². The highest BCUT2D eigenvalue weighted by Gasteiger charge is 2.39. The van der Waals surface area contributed by atoms with E-state index in [1.165, 1.54) is 11.1 Å². The molecule has 1 heterocycles. The van der Waals surface area contributed by atoms with E-state index >= 15 is 0 Å². The molecule has 2 N–H and O–H groups in total. The molecular weight excluding hydrogens is 302 g/mol.